The van der Waals surface area contributed by atoms with Crippen LogP contribution in [0.4, 0.5) is 0 Å². The van der Waals surface area contributed by atoms with Gasteiger partial charge < -0.3 is 0 Å². The third-order valence-electron chi connectivity index (χ3n) is 3.95. The van der Waals surface area contributed by atoms with Gasteiger partial charge in [-0.2, -0.15) is 0 Å². The molecule has 132 valence electrons. The number of hydrogen-bond donors (Lipinski definition) is 5. The zero-order chi connectivity index (χ0) is 16.4. The van der Waals surface area contributed by atoms with Crippen molar-refractivity contribution in [1.82, 2.24) is 0 Å². The van der Waals surface area contributed by atoms with Gasteiger partial charge in [0.05, 0.1) is 0 Å². The van der Waals surface area contributed by atoms with Crippen molar-refractivity contribution in [2.75, 3.05) is 13.2 Å². The standard InChI is InChI=1S/C13H24IO8/c1-5-12(19)14-8(4-16)21-13(5)22-11-6(2)20-7(3-15)9(17)10(11)18/h5-13,15-19H,3-4H2,1-2H3/q-1/t5-,6+,7-,8-,9-,10+,11+,12-,13+/m1/s1. The summed E-state index contributed by atoms with van der Waals surface area (Å²) >= 11 is -0.721. The molecule has 0 radical (unpaired) electrons. The van der Waals surface area contributed by atoms with Crippen LogP contribution in [0.5, 0.6) is 0 Å². The Hall–Kier alpha value is 0.410. The molecule has 5 N–H and O–H groups in total. The van der Waals surface area contributed by atoms with Crippen LogP contribution >= 0.6 is 0 Å². The average molecular weight is 435 g/mol. The Morgan fingerprint density at radius 3 is 2.27 bits per heavy atom. The summed E-state index contributed by atoms with van der Waals surface area (Å²) in [7, 11) is 0. The van der Waals surface area contributed by atoms with Gasteiger partial charge in [-0.3, -0.25) is 0 Å². The van der Waals surface area contributed by atoms with E-state index in [0.717, 1.165) is 0 Å². The fourth-order valence-corrected chi connectivity index (χ4v) is 5.05. The molecular formula is C13H24IO8-. The minimum atomic E-state index is -1.27. The first kappa shape index (κ1) is 18.7. The number of rotatable bonds is 4. The maximum absolute atomic E-state index is 10.2. The van der Waals surface area contributed by atoms with Crippen LogP contribution in [0, 0.1) is 5.92 Å². The van der Waals surface area contributed by atoms with E-state index in [-0.39, 0.29) is 12.5 Å². The minimum absolute atomic E-state index is 0.189. The summed E-state index contributed by atoms with van der Waals surface area (Å²) in [6, 6.07) is 0. The molecule has 2 fully saturated rings. The van der Waals surface area contributed by atoms with Crippen LogP contribution < -0.4 is 21.2 Å². The fourth-order valence-electron chi connectivity index (χ4n) is 2.55. The monoisotopic (exact) mass is 435 g/mol. The SMILES string of the molecule is C[C@H]1[C@H](O[C@@H]2[C@@H](O)[C@H](O)[C@@H](CO)O[C@H]2C)O[C@H](CO)[I-][C@@H]1O. The van der Waals surface area contributed by atoms with Crippen molar-refractivity contribution in [3.8, 4) is 0 Å². The average Bonchev–Trinajstić information content (AvgIpc) is 2.50. The summed E-state index contributed by atoms with van der Waals surface area (Å²) in [5, 5.41) is 48.5. The van der Waals surface area contributed by atoms with Crippen LogP contribution in [-0.2, 0) is 14.2 Å². The predicted molar refractivity (Wildman–Crippen MR) is 69.2 cm³/mol. The predicted octanol–water partition coefficient (Wildman–Crippen LogP) is -5.41. The number of aliphatic hydroxyl groups is 5. The second-order valence-corrected chi connectivity index (χ2v) is 8.98. The molecule has 2 heterocycles. The van der Waals surface area contributed by atoms with E-state index in [9.17, 15) is 20.4 Å². The molecule has 2 aliphatic heterocycles. The first-order chi connectivity index (χ1) is 10.4. The molecule has 2 aliphatic rings. The number of halogens is 1. The van der Waals surface area contributed by atoms with Crippen LogP contribution in [0.3, 0.4) is 0 Å². The number of hydrogen-bond acceptors (Lipinski definition) is 8. The third-order valence-corrected chi connectivity index (χ3v) is 7.31. The molecule has 2 rings (SSSR count). The summed E-state index contributed by atoms with van der Waals surface area (Å²) in [6.07, 6.45) is -5.59. The molecule has 0 aromatic heterocycles. The summed E-state index contributed by atoms with van der Waals surface area (Å²) in [5.41, 5.74) is 0. The van der Waals surface area contributed by atoms with Crippen LogP contribution in [0.25, 0.3) is 0 Å². The van der Waals surface area contributed by atoms with Crippen molar-refractivity contribution in [2.24, 2.45) is 5.92 Å². The Labute approximate surface area is 139 Å². The van der Waals surface area contributed by atoms with E-state index < -0.39 is 72.8 Å². The van der Waals surface area contributed by atoms with Gasteiger partial charge in [0.15, 0.2) is 0 Å². The van der Waals surface area contributed by atoms with Gasteiger partial charge in [-0.15, -0.1) is 0 Å². The van der Waals surface area contributed by atoms with E-state index in [1.807, 2.05) is 0 Å². The van der Waals surface area contributed by atoms with E-state index in [2.05, 4.69) is 0 Å². The molecule has 9 heteroatoms. The van der Waals surface area contributed by atoms with Crippen molar-refractivity contribution >= 4 is 0 Å². The van der Waals surface area contributed by atoms with Gasteiger partial charge in [-0.25, -0.2) is 0 Å². The molecule has 2 saturated heterocycles. The van der Waals surface area contributed by atoms with E-state index >= 15 is 0 Å². The quantitative estimate of drug-likeness (QED) is 0.219. The van der Waals surface area contributed by atoms with Gasteiger partial charge >= 0.3 is 139 Å². The second kappa shape index (κ2) is 7.99. The van der Waals surface area contributed by atoms with Gasteiger partial charge in [-0.05, 0) is 0 Å². The van der Waals surface area contributed by atoms with Gasteiger partial charge in [-0.1, -0.05) is 0 Å². The second-order valence-electron chi connectivity index (χ2n) is 5.60. The van der Waals surface area contributed by atoms with Crippen molar-refractivity contribution in [3.05, 3.63) is 0 Å². The van der Waals surface area contributed by atoms with Gasteiger partial charge in [0, 0.05) is 0 Å². The normalized spacial score (nSPS) is 50.4. The Morgan fingerprint density at radius 2 is 1.68 bits per heavy atom. The molecule has 0 aromatic rings. The molecular weight excluding hydrogens is 411 g/mol. The Balaban J connectivity index is 2.04. The summed E-state index contributed by atoms with van der Waals surface area (Å²) in [5.74, 6) is -0.303. The molecule has 22 heavy (non-hydrogen) atoms. The molecule has 0 aliphatic carbocycles. The molecule has 0 aromatic carbocycles. The van der Waals surface area contributed by atoms with Crippen LogP contribution in [0.15, 0.2) is 0 Å². The molecule has 0 amide bonds. The molecule has 0 spiro atoms. The Bertz CT molecular complexity index is 359. The first-order valence-electron chi connectivity index (χ1n) is 7.23. The first-order valence-corrected chi connectivity index (χ1v) is 9.72. The van der Waals surface area contributed by atoms with Gasteiger partial charge in [0.2, 0.25) is 0 Å². The molecule has 0 unspecified atom stereocenters. The van der Waals surface area contributed by atoms with Crippen LogP contribution in [-0.4, -0.2) is 83.8 Å². The van der Waals surface area contributed by atoms with E-state index in [4.69, 9.17) is 19.3 Å². The Morgan fingerprint density at radius 1 is 1.00 bits per heavy atom. The van der Waals surface area contributed by atoms with E-state index in [1.54, 1.807) is 13.8 Å². The topological polar surface area (TPSA) is 129 Å². The van der Waals surface area contributed by atoms with Gasteiger partial charge in [0.25, 0.3) is 0 Å². The third kappa shape index (κ3) is 3.90. The molecule has 0 saturated carbocycles. The maximum atomic E-state index is 10.2. The summed E-state index contributed by atoms with van der Waals surface area (Å²) in [4.78, 5) is 0. The van der Waals surface area contributed by atoms with Crippen molar-refractivity contribution in [1.29, 1.82) is 0 Å². The zero-order valence-corrected chi connectivity index (χ0v) is 14.6. The summed E-state index contributed by atoms with van der Waals surface area (Å²) < 4.78 is 15.8. The molecule has 9 atom stereocenters. The zero-order valence-electron chi connectivity index (χ0n) is 12.4. The number of aliphatic hydroxyl groups excluding tert-OH is 5. The van der Waals surface area contributed by atoms with Gasteiger partial charge in [0.1, 0.15) is 0 Å². The van der Waals surface area contributed by atoms with E-state index in [0.29, 0.717) is 0 Å². The van der Waals surface area contributed by atoms with E-state index in [1.165, 1.54) is 0 Å². The van der Waals surface area contributed by atoms with Crippen molar-refractivity contribution < 1.29 is 60.9 Å². The molecule has 0 bridgehead atoms. The Kier molecular flexibility index (Phi) is 6.81. The number of alkyl halides is 2. The van der Waals surface area contributed by atoms with Crippen LogP contribution in [0.1, 0.15) is 13.8 Å². The number of ether oxygens (including phenoxy) is 3. The van der Waals surface area contributed by atoms with Crippen molar-refractivity contribution in [2.45, 2.75) is 58.9 Å². The van der Waals surface area contributed by atoms with Crippen molar-refractivity contribution in [3.63, 3.8) is 0 Å². The fraction of sp³-hybridized carbons (Fsp3) is 1.00. The van der Waals surface area contributed by atoms with Crippen LogP contribution in [0.2, 0.25) is 0 Å². The molecule has 8 nitrogen and oxygen atoms in total. The summed E-state index contributed by atoms with van der Waals surface area (Å²) in [6.45, 7) is 2.85.